The SMILES string of the molecule is C#CCN(C)S(=O)(=O)Cc1ccccc1C#N. The standard InChI is InChI=1S/C12H12N2O2S/c1-3-8-14(2)17(15,16)10-12-7-5-4-6-11(12)9-13/h1,4-7H,8,10H2,2H3. The first-order chi connectivity index (χ1) is 8.01. The Morgan fingerprint density at radius 3 is 2.65 bits per heavy atom. The van der Waals surface area contributed by atoms with Gasteiger partial charge in [-0.2, -0.15) is 9.57 Å². The summed E-state index contributed by atoms with van der Waals surface area (Å²) in [7, 11) is -2.05. The molecule has 0 radical (unpaired) electrons. The second-order valence-corrected chi connectivity index (χ2v) is 5.56. The van der Waals surface area contributed by atoms with Gasteiger partial charge in [0.15, 0.2) is 0 Å². The fraction of sp³-hybridized carbons (Fsp3) is 0.250. The van der Waals surface area contributed by atoms with Crippen LogP contribution >= 0.6 is 0 Å². The lowest BCUT2D eigenvalue weighted by molar-refractivity contribution is 0.502. The Morgan fingerprint density at radius 1 is 1.41 bits per heavy atom. The van der Waals surface area contributed by atoms with Crippen LogP contribution in [-0.2, 0) is 15.8 Å². The molecule has 0 saturated carbocycles. The highest BCUT2D eigenvalue weighted by Crippen LogP contribution is 2.13. The molecule has 0 spiro atoms. The van der Waals surface area contributed by atoms with Crippen LogP contribution in [0.1, 0.15) is 11.1 Å². The molecule has 0 atom stereocenters. The minimum absolute atomic E-state index is 0.0249. The van der Waals surface area contributed by atoms with Crippen LogP contribution in [0.5, 0.6) is 0 Å². The van der Waals surface area contributed by atoms with Gasteiger partial charge in [-0.15, -0.1) is 6.42 Å². The molecule has 0 aliphatic carbocycles. The molecule has 0 amide bonds. The predicted octanol–water partition coefficient (Wildman–Crippen LogP) is 0.953. The molecule has 1 rings (SSSR count). The van der Waals surface area contributed by atoms with Crippen LogP contribution in [0.3, 0.4) is 0 Å². The number of hydrogen-bond acceptors (Lipinski definition) is 3. The zero-order chi connectivity index (χ0) is 12.9. The Hall–Kier alpha value is -1.82. The van der Waals surface area contributed by atoms with Gasteiger partial charge in [0.25, 0.3) is 0 Å². The Kier molecular flexibility index (Phi) is 4.28. The Labute approximate surface area is 102 Å². The molecular weight excluding hydrogens is 236 g/mol. The molecule has 0 saturated heterocycles. The monoisotopic (exact) mass is 248 g/mol. The van der Waals surface area contributed by atoms with Crippen LogP contribution in [0.4, 0.5) is 0 Å². The van der Waals surface area contributed by atoms with Gasteiger partial charge in [-0.05, 0) is 11.6 Å². The minimum Gasteiger partial charge on any atom is -0.212 e. The summed E-state index contributed by atoms with van der Waals surface area (Å²) in [5, 5.41) is 8.87. The third-order valence-corrected chi connectivity index (χ3v) is 4.02. The van der Waals surface area contributed by atoms with E-state index in [0.29, 0.717) is 11.1 Å². The Bertz CT molecular complexity index is 579. The summed E-state index contributed by atoms with van der Waals surface area (Å²) in [5.41, 5.74) is 0.851. The van der Waals surface area contributed by atoms with Gasteiger partial charge in [0.2, 0.25) is 10.0 Å². The normalized spacial score (nSPS) is 10.8. The van der Waals surface area contributed by atoms with Gasteiger partial charge < -0.3 is 0 Å². The van der Waals surface area contributed by atoms with Crippen molar-refractivity contribution in [3.05, 3.63) is 35.4 Å². The lowest BCUT2D eigenvalue weighted by atomic mass is 10.1. The van der Waals surface area contributed by atoms with E-state index in [2.05, 4.69) is 5.92 Å². The maximum atomic E-state index is 11.9. The lowest BCUT2D eigenvalue weighted by Crippen LogP contribution is -2.28. The zero-order valence-electron chi connectivity index (χ0n) is 9.42. The number of benzene rings is 1. The quantitative estimate of drug-likeness (QED) is 0.745. The smallest absolute Gasteiger partial charge is 0.212 e. The highest BCUT2D eigenvalue weighted by Gasteiger charge is 2.19. The van der Waals surface area contributed by atoms with Crippen molar-refractivity contribution in [3.63, 3.8) is 0 Å². The van der Waals surface area contributed by atoms with Crippen LogP contribution in [0.2, 0.25) is 0 Å². The second-order valence-electron chi connectivity index (χ2n) is 3.49. The van der Waals surface area contributed by atoms with E-state index < -0.39 is 10.0 Å². The van der Waals surface area contributed by atoms with Crippen LogP contribution in [0.25, 0.3) is 0 Å². The summed E-state index contributed by atoms with van der Waals surface area (Å²) in [4.78, 5) is 0. The van der Waals surface area contributed by atoms with Crippen LogP contribution < -0.4 is 0 Å². The molecule has 1 aromatic carbocycles. The highest BCUT2D eigenvalue weighted by molar-refractivity contribution is 7.88. The van der Waals surface area contributed by atoms with Crippen LogP contribution in [-0.4, -0.2) is 26.3 Å². The second kappa shape index (κ2) is 5.49. The molecule has 0 fully saturated rings. The number of nitrogens with zero attached hydrogens (tertiary/aromatic N) is 2. The number of nitriles is 1. The van der Waals surface area contributed by atoms with Crippen molar-refractivity contribution in [1.29, 1.82) is 5.26 Å². The average molecular weight is 248 g/mol. The molecule has 4 nitrogen and oxygen atoms in total. The number of terminal acetylenes is 1. The van der Waals surface area contributed by atoms with Gasteiger partial charge in [0.05, 0.1) is 23.9 Å². The first kappa shape index (κ1) is 13.2. The molecule has 0 heterocycles. The van der Waals surface area contributed by atoms with Crippen molar-refractivity contribution in [3.8, 4) is 18.4 Å². The maximum absolute atomic E-state index is 11.9. The number of hydrogen-bond donors (Lipinski definition) is 0. The first-order valence-corrected chi connectivity index (χ1v) is 6.47. The maximum Gasteiger partial charge on any atom is 0.218 e. The molecule has 0 aliphatic heterocycles. The van der Waals surface area contributed by atoms with Gasteiger partial charge in [0, 0.05) is 7.05 Å². The topological polar surface area (TPSA) is 61.2 Å². The fourth-order valence-corrected chi connectivity index (χ4v) is 2.43. The number of rotatable bonds is 4. The summed E-state index contributed by atoms with van der Waals surface area (Å²) in [6.45, 7) is 0.0249. The minimum atomic E-state index is -3.47. The summed E-state index contributed by atoms with van der Waals surface area (Å²) in [6.07, 6.45) is 5.07. The van der Waals surface area contributed by atoms with Crippen molar-refractivity contribution < 1.29 is 8.42 Å². The molecule has 0 aromatic heterocycles. The highest BCUT2D eigenvalue weighted by atomic mass is 32.2. The van der Waals surface area contributed by atoms with E-state index in [4.69, 9.17) is 11.7 Å². The van der Waals surface area contributed by atoms with Gasteiger partial charge in [-0.25, -0.2) is 8.42 Å². The average Bonchev–Trinajstić information content (AvgIpc) is 2.29. The van der Waals surface area contributed by atoms with E-state index >= 15 is 0 Å². The van der Waals surface area contributed by atoms with Crippen LogP contribution in [0.15, 0.2) is 24.3 Å². The molecular formula is C12H12N2O2S. The van der Waals surface area contributed by atoms with Gasteiger partial charge in [-0.3, -0.25) is 0 Å². The molecule has 0 bridgehead atoms. The lowest BCUT2D eigenvalue weighted by Gasteiger charge is -2.14. The predicted molar refractivity (Wildman–Crippen MR) is 65.2 cm³/mol. The largest absolute Gasteiger partial charge is 0.218 e. The molecule has 0 aliphatic rings. The van der Waals surface area contributed by atoms with Crippen molar-refractivity contribution in [1.82, 2.24) is 4.31 Å². The van der Waals surface area contributed by atoms with Crippen molar-refractivity contribution in [2.75, 3.05) is 13.6 Å². The fourth-order valence-electron chi connectivity index (χ4n) is 1.29. The van der Waals surface area contributed by atoms with E-state index in [-0.39, 0.29) is 12.3 Å². The van der Waals surface area contributed by atoms with E-state index in [0.717, 1.165) is 4.31 Å². The summed E-state index contributed by atoms with van der Waals surface area (Å²) < 4.78 is 24.9. The molecule has 0 N–H and O–H groups in total. The summed E-state index contributed by atoms with van der Waals surface area (Å²) >= 11 is 0. The van der Waals surface area contributed by atoms with Crippen molar-refractivity contribution >= 4 is 10.0 Å². The third kappa shape index (κ3) is 3.32. The molecule has 1 aromatic rings. The Morgan fingerprint density at radius 2 is 2.06 bits per heavy atom. The van der Waals surface area contributed by atoms with Gasteiger partial charge >= 0.3 is 0 Å². The third-order valence-electron chi connectivity index (χ3n) is 2.26. The van der Waals surface area contributed by atoms with Crippen molar-refractivity contribution in [2.45, 2.75) is 5.75 Å². The Balaban J connectivity index is 3.00. The molecule has 88 valence electrons. The van der Waals surface area contributed by atoms with Crippen LogP contribution in [0, 0.1) is 23.7 Å². The van der Waals surface area contributed by atoms with Gasteiger partial charge in [0.1, 0.15) is 0 Å². The van der Waals surface area contributed by atoms with E-state index in [1.807, 2.05) is 6.07 Å². The molecule has 5 heteroatoms. The van der Waals surface area contributed by atoms with E-state index in [1.54, 1.807) is 24.3 Å². The summed E-state index contributed by atoms with van der Waals surface area (Å²) in [5.74, 6) is 2.06. The zero-order valence-corrected chi connectivity index (χ0v) is 10.2. The van der Waals surface area contributed by atoms with E-state index in [9.17, 15) is 8.42 Å². The van der Waals surface area contributed by atoms with E-state index in [1.165, 1.54) is 7.05 Å². The number of sulfonamides is 1. The molecule has 17 heavy (non-hydrogen) atoms. The summed E-state index contributed by atoms with van der Waals surface area (Å²) in [6, 6.07) is 8.58. The first-order valence-electron chi connectivity index (χ1n) is 4.86. The van der Waals surface area contributed by atoms with Gasteiger partial charge in [-0.1, -0.05) is 24.1 Å². The van der Waals surface area contributed by atoms with Crippen molar-refractivity contribution in [2.24, 2.45) is 0 Å². The molecule has 0 unspecified atom stereocenters.